The van der Waals surface area contributed by atoms with Crippen LogP contribution in [0.5, 0.6) is 0 Å². The fourth-order valence-electron chi connectivity index (χ4n) is 3.41. The molecular weight excluding hydrogens is 206 g/mol. The Morgan fingerprint density at radius 2 is 1.76 bits per heavy atom. The summed E-state index contributed by atoms with van der Waals surface area (Å²) in [6, 6.07) is 0.816. The first kappa shape index (κ1) is 13.4. The van der Waals surface area contributed by atoms with Crippen molar-refractivity contribution in [3.8, 4) is 0 Å². The van der Waals surface area contributed by atoms with Crippen LogP contribution < -0.4 is 5.32 Å². The monoisotopic (exact) mass is 237 g/mol. The zero-order valence-electron chi connectivity index (χ0n) is 12.1. The third kappa shape index (κ3) is 4.28. The second-order valence-corrected chi connectivity index (χ2v) is 7.19. The fourth-order valence-corrected chi connectivity index (χ4v) is 3.41. The maximum Gasteiger partial charge on any atom is 0.00953 e. The smallest absolute Gasteiger partial charge is 0.00953 e. The molecule has 0 radical (unpaired) electrons. The molecule has 1 unspecified atom stereocenters. The average molecular weight is 237 g/mol. The number of nitrogens with one attached hydrogen (secondary N) is 1. The number of hydrogen-bond donors (Lipinski definition) is 1. The van der Waals surface area contributed by atoms with Crippen molar-refractivity contribution in [1.29, 1.82) is 0 Å². The Balaban J connectivity index is 1.78. The van der Waals surface area contributed by atoms with Crippen molar-refractivity contribution in [3.63, 3.8) is 0 Å². The molecular formula is C16H31N. The lowest BCUT2D eigenvalue weighted by atomic mass is 9.70. The van der Waals surface area contributed by atoms with Gasteiger partial charge >= 0.3 is 0 Å². The summed E-state index contributed by atoms with van der Waals surface area (Å²) in [5, 5.41) is 3.76. The highest BCUT2D eigenvalue weighted by atomic mass is 14.9. The topological polar surface area (TPSA) is 12.0 Å². The third-order valence-corrected chi connectivity index (χ3v) is 5.00. The van der Waals surface area contributed by atoms with Crippen LogP contribution in [0.3, 0.4) is 0 Å². The third-order valence-electron chi connectivity index (χ3n) is 5.00. The molecule has 0 saturated heterocycles. The van der Waals surface area contributed by atoms with Gasteiger partial charge in [0, 0.05) is 6.04 Å². The minimum atomic E-state index is 0.615. The Hall–Kier alpha value is -0.0400. The number of rotatable bonds is 6. The molecule has 2 fully saturated rings. The van der Waals surface area contributed by atoms with Gasteiger partial charge in [-0.05, 0) is 62.3 Å². The molecule has 1 nitrogen and oxygen atoms in total. The van der Waals surface area contributed by atoms with E-state index in [1.165, 1.54) is 51.4 Å². The lowest BCUT2D eigenvalue weighted by molar-refractivity contribution is 0.156. The van der Waals surface area contributed by atoms with E-state index in [4.69, 9.17) is 0 Å². The molecule has 2 aliphatic rings. The van der Waals surface area contributed by atoms with E-state index in [1.54, 1.807) is 0 Å². The van der Waals surface area contributed by atoms with Crippen LogP contribution >= 0.6 is 0 Å². The molecule has 0 aromatic carbocycles. The van der Waals surface area contributed by atoms with E-state index in [-0.39, 0.29) is 0 Å². The SMILES string of the molecule is CCNC(CCC1CC1)C1CCC(C)(C)CC1. The van der Waals surface area contributed by atoms with Crippen LogP contribution in [-0.4, -0.2) is 12.6 Å². The van der Waals surface area contributed by atoms with E-state index >= 15 is 0 Å². The summed E-state index contributed by atoms with van der Waals surface area (Å²) in [5.74, 6) is 2.05. The molecule has 1 atom stereocenters. The van der Waals surface area contributed by atoms with Crippen LogP contribution in [-0.2, 0) is 0 Å². The van der Waals surface area contributed by atoms with Gasteiger partial charge in [-0.2, -0.15) is 0 Å². The summed E-state index contributed by atoms with van der Waals surface area (Å²) >= 11 is 0. The zero-order valence-corrected chi connectivity index (χ0v) is 12.1. The normalized spacial score (nSPS) is 27.0. The van der Waals surface area contributed by atoms with Crippen LogP contribution in [0, 0.1) is 17.3 Å². The van der Waals surface area contributed by atoms with Gasteiger partial charge in [-0.25, -0.2) is 0 Å². The molecule has 1 heteroatoms. The first-order valence-corrected chi connectivity index (χ1v) is 7.84. The van der Waals surface area contributed by atoms with Crippen molar-refractivity contribution in [3.05, 3.63) is 0 Å². The first-order valence-electron chi connectivity index (χ1n) is 7.84. The highest BCUT2D eigenvalue weighted by Crippen LogP contribution is 2.41. The highest BCUT2D eigenvalue weighted by Gasteiger charge is 2.32. The lowest BCUT2D eigenvalue weighted by Gasteiger charge is -2.38. The quantitative estimate of drug-likeness (QED) is 0.723. The van der Waals surface area contributed by atoms with Gasteiger partial charge in [-0.15, -0.1) is 0 Å². The summed E-state index contributed by atoms with van der Waals surface area (Å²) in [6.07, 6.45) is 11.7. The molecule has 0 amide bonds. The summed E-state index contributed by atoms with van der Waals surface area (Å²) in [5.41, 5.74) is 0.615. The van der Waals surface area contributed by atoms with Gasteiger partial charge in [0.05, 0.1) is 0 Å². The highest BCUT2D eigenvalue weighted by molar-refractivity contribution is 4.86. The Morgan fingerprint density at radius 1 is 1.12 bits per heavy atom. The van der Waals surface area contributed by atoms with Crippen molar-refractivity contribution in [2.24, 2.45) is 17.3 Å². The summed E-state index contributed by atoms with van der Waals surface area (Å²) in [7, 11) is 0. The Bertz CT molecular complexity index is 220. The maximum atomic E-state index is 3.76. The fraction of sp³-hybridized carbons (Fsp3) is 1.00. The lowest BCUT2D eigenvalue weighted by Crippen LogP contribution is -2.39. The van der Waals surface area contributed by atoms with E-state index in [0.29, 0.717) is 5.41 Å². The van der Waals surface area contributed by atoms with Gasteiger partial charge in [0.25, 0.3) is 0 Å². The second kappa shape index (κ2) is 5.73. The van der Waals surface area contributed by atoms with Crippen molar-refractivity contribution in [2.75, 3.05) is 6.54 Å². The van der Waals surface area contributed by atoms with Crippen LogP contribution in [0.4, 0.5) is 0 Å². The molecule has 17 heavy (non-hydrogen) atoms. The van der Waals surface area contributed by atoms with Gasteiger partial charge in [0.2, 0.25) is 0 Å². The van der Waals surface area contributed by atoms with Crippen molar-refractivity contribution in [2.45, 2.75) is 78.2 Å². The van der Waals surface area contributed by atoms with E-state index in [1.807, 2.05) is 0 Å². The predicted octanol–water partition coefficient (Wildman–Crippen LogP) is 4.37. The Labute approximate surface area is 108 Å². The van der Waals surface area contributed by atoms with Crippen LogP contribution in [0.15, 0.2) is 0 Å². The molecule has 2 saturated carbocycles. The van der Waals surface area contributed by atoms with Gasteiger partial charge in [0.15, 0.2) is 0 Å². The van der Waals surface area contributed by atoms with Crippen LogP contribution in [0.25, 0.3) is 0 Å². The molecule has 100 valence electrons. The van der Waals surface area contributed by atoms with Crippen molar-refractivity contribution >= 4 is 0 Å². The number of hydrogen-bond acceptors (Lipinski definition) is 1. The van der Waals surface area contributed by atoms with Gasteiger partial charge < -0.3 is 5.32 Å². The van der Waals surface area contributed by atoms with Crippen molar-refractivity contribution < 1.29 is 0 Å². The molecule has 0 bridgehead atoms. The largest absolute Gasteiger partial charge is 0.314 e. The van der Waals surface area contributed by atoms with E-state index in [2.05, 4.69) is 26.1 Å². The standard InChI is InChI=1S/C16H31N/c1-4-17-15(8-7-13-5-6-13)14-9-11-16(2,3)12-10-14/h13-15,17H,4-12H2,1-3H3. The minimum absolute atomic E-state index is 0.615. The zero-order chi connectivity index (χ0) is 12.3. The molecule has 0 aliphatic heterocycles. The molecule has 0 spiro atoms. The minimum Gasteiger partial charge on any atom is -0.314 e. The molecule has 0 aromatic rings. The Kier molecular flexibility index (Phi) is 4.52. The van der Waals surface area contributed by atoms with Crippen LogP contribution in [0.1, 0.15) is 72.1 Å². The summed E-state index contributed by atoms with van der Waals surface area (Å²) in [4.78, 5) is 0. The van der Waals surface area contributed by atoms with E-state index in [0.717, 1.165) is 24.4 Å². The molecule has 2 rings (SSSR count). The van der Waals surface area contributed by atoms with Crippen molar-refractivity contribution in [1.82, 2.24) is 5.32 Å². The molecule has 0 aromatic heterocycles. The van der Waals surface area contributed by atoms with Gasteiger partial charge in [-0.3, -0.25) is 0 Å². The predicted molar refractivity (Wildman–Crippen MR) is 75.2 cm³/mol. The molecule has 2 aliphatic carbocycles. The maximum absolute atomic E-state index is 3.76. The Morgan fingerprint density at radius 3 is 2.29 bits per heavy atom. The van der Waals surface area contributed by atoms with E-state index in [9.17, 15) is 0 Å². The van der Waals surface area contributed by atoms with E-state index < -0.39 is 0 Å². The van der Waals surface area contributed by atoms with Crippen LogP contribution in [0.2, 0.25) is 0 Å². The summed E-state index contributed by atoms with van der Waals surface area (Å²) in [6.45, 7) is 8.29. The molecule has 0 heterocycles. The second-order valence-electron chi connectivity index (χ2n) is 7.19. The molecule has 1 N–H and O–H groups in total. The van der Waals surface area contributed by atoms with Gasteiger partial charge in [0.1, 0.15) is 0 Å². The first-order chi connectivity index (χ1) is 8.11. The average Bonchev–Trinajstić information content (AvgIpc) is 3.08. The van der Waals surface area contributed by atoms with Gasteiger partial charge in [-0.1, -0.05) is 33.6 Å². The summed E-state index contributed by atoms with van der Waals surface area (Å²) < 4.78 is 0.